The van der Waals surface area contributed by atoms with Crippen molar-refractivity contribution in [3.05, 3.63) is 46.5 Å². The molecule has 1 amide bonds. The van der Waals surface area contributed by atoms with E-state index >= 15 is 0 Å². The Kier molecular flexibility index (Phi) is 4.84. The lowest BCUT2D eigenvalue weighted by atomic mass is 10.3. The number of aromatic amines is 1. The molecule has 0 aliphatic heterocycles. The maximum absolute atomic E-state index is 12.2. The summed E-state index contributed by atoms with van der Waals surface area (Å²) in [5.41, 5.74) is 2.21. The number of hydrogen-bond donors (Lipinski definition) is 2. The molecule has 0 unspecified atom stereocenters. The van der Waals surface area contributed by atoms with Crippen molar-refractivity contribution >= 4 is 61.1 Å². The predicted octanol–water partition coefficient (Wildman–Crippen LogP) is 3.82. The first-order valence-corrected chi connectivity index (χ1v) is 9.83. The van der Waals surface area contributed by atoms with Crippen molar-refractivity contribution < 1.29 is 14.5 Å². The number of nitrogens with zero attached hydrogens (tertiary/aromatic N) is 3. The number of nitro groups is 1. The fraction of sp³-hybridized carbons (Fsp3) is 0.118. The SMILES string of the molecule is COc1ccc2nc(SCC(=O)Nc3nc4ccc([N+](=O)[O-])cc4s3)[nH]c2c1. The average molecular weight is 415 g/mol. The lowest BCUT2D eigenvalue weighted by Gasteiger charge is -1.99. The highest BCUT2D eigenvalue weighted by Gasteiger charge is 2.13. The smallest absolute Gasteiger partial charge is 0.270 e. The van der Waals surface area contributed by atoms with Crippen LogP contribution in [0.25, 0.3) is 21.3 Å². The molecule has 28 heavy (non-hydrogen) atoms. The van der Waals surface area contributed by atoms with Crippen LogP contribution < -0.4 is 10.1 Å². The van der Waals surface area contributed by atoms with Crippen LogP contribution in [-0.4, -0.2) is 38.6 Å². The van der Waals surface area contributed by atoms with E-state index in [9.17, 15) is 14.9 Å². The third-order valence-corrected chi connectivity index (χ3v) is 5.64. The van der Waals surface area contributed by atoms with Crippen LogP contribution in [0, 0.1) is 10.1 Å². The zero-order valence-corrected chi connectivity index (χ0v) is 16.1. The minimum atomic E-state index is -0.461. The van der Waals surface area contributed by atoms with Crippen LogP contribution >= 0.6 is 23.1 Å². The van der Waals surface area contributed by atoms with Crippen LogP contribution in [0.2, 0.25) is 0 Å². The largest absolute Gasteiger partial charge is 0.497 e. The van der Waals surface area contributed by atoms with Gasteiger partial charge in [0, 0.05) is 18.2 Å². The van der Waals surface area contributed by atoms with Gasteiger partial charge in [-0.1, -0.05) is 23.1 Å². The standard InChI is InChI=1S/C17H13N5O4S2/c1-26-10-3-5-11-13(7-10)20-16(18-11)27-8-15(23)21-17-19-12-4-2-9(22(24)25)6-14(12)28-17/h2-7H,8H2,1H3,(H,18,20)(H,19,21,23). The lowest BCUT2D eigenvalue weighted by Crippen LogP contribution is -2.13. The second-order valence-corrected chi connectivity index (χ2v) is 7.68. The van der Waals surface area contributed by atoms with Crippen molar-refractivity contribution in [2.24, 2.45) is 0 Å². The number of imidazole rings is 1. The highest BCUT2D eigenvalue weighted by Crippen LogP contribution is 2.29. The molecule has 0 aliphatic carbocycles. The number of aromatic nitrogens is 3. The van der Waals surface area contributed by atoms with Crippen LogP contribution in [0.4, 0.5) is 10.8 Å². The zero-order valence-electron chi connectivity index (χ0n) is 14.5. The maximum Gasteiger partial charge on any atom is 0.270 e. The summed E-state index contributed by atoms with van der Waals surface area (Å²) in [4.78, 5) is 34.5. The van der Waals surface area contributed by atoms with Gasteiger partial charge in [-0.25, -0.2) is 9.97 Å². The van der Waals surface area contributed by atoms with Crippen molar-refractivity contribution in [1.82, 2.24) is 15.0 Å². The molecule has 2 N–H and O–H groups in total. The van der Waals surface area contributed by atoms with Crippen molar-refractivity contribution in [3.63, 3.8) is 0 Å². The number of nitrogens with one attached hydrogen (secondary N) is 2. The molecular formula is C17H13N5O4S2. The molecule has 0 saturated heterocycles. The van der Waals surface area contributed by atoms with E-state index in [1.165, 1.54) is 35.2 Å². The number of nitro benzene ring substituents is 1. The molecule has 2 heterocycles. The number of hydrogen-bond acceptors (Lipinski definition) is 8. The van der Waals surface area contributed by atoms with Gasteiger partial charge in [-0.15, -0.1) is 0 Å². The third kappa shape index (κ3) is 3.75. The van der Waals surface area contributed by atoms with E-state index in [0.717, 1.165) is 16.8 Å². The molecule has 2 aromatic carbocycles. The molecule has 9 nitrogen and oxygen atoms in total. The Morgan fingerprint density at radius 3 is 2.89 bits per heavy atom. The summed E-state index contributed by atoms with van der Waals surface area (Å²) in [5.74, 6) is 0.630. The molecule has 2 aromatic heterocycles. The summed E-state index contributed by atoms with van der Waals surface area (Å²) in [7, 11) is 1.60. The monoisotopic (exact) mass is 415 g/mol. The molecule has 11 heteroatoms. The first kappa shape index (κ1) is 18.2. The second kappa shape index (κ2) is 7.44. The molecule has 142 valence electrons. The van der Waals surface area contributed by atoms with Crippen LogP contribution in [0.5, 0.6) is 5.75 Å². The van der Waals surface area contributed by atoms with Gasteiger partial charge in [-0.05, 0) is 18.2 Å². The Morgan fingerprint density at radius 1 is 1.29 bits per heavy atom. The van der Waals surface area contributed by atoms with Crippen LogP contribution in [0.1, 0.15) is 0 Å². The summed E-state index contributed by atoms with van der Waals surface area (Å²) in [6.45, 7) is 0. The number of H-pyrrole nitrogens is 1. The highest BCUT2D eigenvalue weighted by atomic mass is 32.2. The van der Waals surface area contributed by atoms with Gasteiger partial charge >= 0.3 is 0 Å². The second-order valence-electron chi connectivity index (χ2n) is 5.69. The number of ether oxygens (including phenoxy) is 1. The molecule has 0 spiro atoms. The number of methoxy groups -OCH3 is 1. The van der Waals surface area contributed by atoms with Gasteiger partial charge in [0.25, 0.3) is 5.69 Å². The molecular weight excluding hydrogens is 402 g/mol. The number of thiazole rings is 1. The van der Waals surface area contributed by atoms with E-state index in [0.29, 0.717) is 20.5 Å². The number of carbonyl (C=O) groups is 1. The molecule has 0 fully saturated rings. The number of benzene rings is 2. The van der Waals surface area contributed by atoms with E-state index in [-0.39, 0.29) is 17.3 Å². The summed E-state index contributed by atoms with van der Waals surface area (Å²) in [6.07, 6.45) is 0. The van der Waals surface area contributed by atoms with Gasteiger partial charge < -0.3 is 15.0 Å². The molecule has 0 radical (unpaired) electrons. The summed E-state index contributed by atoms with van der Waals surface area (Å²) >= 11 is 2.46. The number of fused-ring (bicyclic) bond motifs is 2. The van der Waals surface area contributed by atoms with Crippen molar-refractivity contribution in [3.8, 4) is 5.75 Å². The van der Waals surface area contributed by atoms with Crippen LogP contribution in [-0.2, 0) is 4.79 Å². The van der Waals surface area contributed by atoms with Gasteiger partial charge in [0.05, 0.1) is 39.0 Å². The van der Waals surface area contributed by atoms with E-state index in [1.54, 1.807) is 13.2 Å². The lowest BCUT2D eigenvalue weighted by molar-refractivity contribution is -0.384. The minimum absolute atomic E-state index is 0.00824. The van der Waals surface area contributed by atoms with Crippen LogP contribution in [0.15, 0.2) is 41.6 Å². The van der Waals surface area contributed by atoms with Crippen LogP contribution in [0.3, 0.4) is 0 Å². The topological polar surface area (TPSA) is 123 Å². The number of amides is 1. The predicted molar refractivity (Wildman–Crippen MR) is 108 cm³/mol. The first-order chi connectivity index (χ1) is 13.5. The minimum Gasteiger partial charge on any atom is -0.497 e. The molecule has 4 aromatic rings. The number of anilines is 1. The van der Waals surface area contributed by atoms with E-state index in [2.05, 4.69) is 20.3 Å². The average Bonchev–Trinajstić information content (AvgIpc) is 3.27. The van der Waals surface area contributed by atoms with Gasteiger partial charge in [-0.3, -0.25) is 14.9 Å². The number of thioether (sulfide) groups is 1. The van der Waals surface area contributed by atoms with E-state index in [4.69, 9.17) is 4.74 Å². The Morgan fingerprint density at radius 2 is 2.11 bits per heavy atom. The number of carbonyl (C=O) groups excluding carboxylic acids is 1. The number of non-ortho nitro benzene ring substituents is 1. The zero-order chi connectivity index (χ0) is 19.7. The molecule has 0 saturated carbocycles. The Bertz CT molecular complexity index is 1200. The fourth-order valence-electron chi connectivity index (χ4n) is 2.53. The summed E-state index contributed by atoms with van der Waals surface area (Å²) in [6, 6.07) is 9.90. The third-order valence-electron chi connectivity index (χ3n) is 3.84. The van der Waals surface area contributed by atoms with Gasteiger partial charge in [0.1, 0.15) is 5.75 Å². The van der Waals surface area contributed by atoms with E-state index in [1.807, 2.05) is 18.2 Å². The Labute approximate surface area is 166 Å². The first-order valence-electron chi connectivity index (χ1n) is 8.03. The summed E-state index contributed by atoms with van der Waals surface area (Å²) < 4.78 is 5.82. The maximum atomic E-state index is 12.2. The quantitative estimate of drug-likeness (QED) is 0.279. The van der Waals surface area contributed by atoms with Gasteiger partial charge in [0.2, 0.25) is 5.91 Å². The van der Waals surface area contributed by atoms with Gasteiger partial charge in [-0.2, -0.15) is 0 Å². The van der Waals surface area contributed by atoms with E-state index < -0.39 is 4.92 Å². The Hall–Kier alpha value is -3.18. The Balaban J connectivity index is 1.41. The molecule has 0 bridgehead atoms. The van der Waals surface area contributed by atoms with Crippen molar-refractivity contribution in [2.45, 2.75) is 5.16 Å². The highest BCUT2D eigenvalue weighted by molar-refractivity contribution is 7.99. The molecule has 0 aliphatic rings. The normalized spacial score (nSPS) is 11.0. The van der Waals surface area contributed by atoms with Gasteiger partial charge in [0.15, 0.2) is 10.3 Å². The fourth-order valence-corrected chi connectivity index (χ4v) is 4.13. The number of rotatable bonds is 6. The summed E-state index contributed by atoms with van der Waals surface area (Å²) in [5, 5.41) is 14.6. The molecule has 0 atom stereocenters. The molecule has 4 rings (SSSR count). The van der Waals surface area contributed by atoms with Crippen molar-refractivity contribution in [2.75, 3.05) is 18.2 Å². The van der Waals surface area contributed by atoms with Crippen molar-refractivity contribution in [1.29, 1.82) is 0 Å².